The summed E-state index contributed by atoms with van der Waals surface area (Å²) in [6, 6.07) is 0.788. The van der Waals surface area contributed by atoms with E-state index in [-0.39, 0.29) is 12.6 Å². The molecular formula is C12H25NO2. The van der Waals surface area contributed by atoms with Gasteiger partial charge in [-0.15, -0.1) is 0 Å². The highest BCUT2D eigenvalue weighted by Crippen LogP contribution is 2.11. The van der Waals surface area contributed by atoms with E-state index in [0.29, 0.717) is 12.0 Å². The van der Waals surface area contributed by atoms with Crippen molar-refractivity contribution in [3.05, 3.63) is 0 Å². The summed E-state index contributed by atoms with van der Waals surface area (Å²) in [7, 11) is 0. The van der Waals surface area contributed by atoms with Gasteiger partial charge in [-0.3, -0.25) is 0 Å². The van der Waals surface area contributed by atoms with Crippen molar-refractivity contribution >= 4 is 0 Å². The Morgan fingerprint density at radius 3 is 2.80 bits per heavy atom. The maximum Gasteiger partial charge on any atom is 0.0584 e. The summed E-state index contributed by atoms with van der Waals surface area (Å²) in [5, 5.41) is 12.8. The summed E-state index contributed by atoms with van der Waals surface area (Å²) < 4.78 is 5.42. The molecule has 2 unspecified atom stereocenters. The van der Waals surface area contributed by atoms with Crippen molar-refractivity contribution in [1.29, 1.82) is 0 Å². The van der Waals surface area contributed by atoms with Crippen molar-refractivity contribution in [1.82, 2.24) is 5.32 Å². The number of hydrogen-bond donors (Lipinski definition) is 2. The molecule has 3 heteroatoms. The first kappa shape index (κ1) is 12.9. The Hall–Kier alpha value is -0.120. The lowest BCUT2D eigenvalue weighted by molar-refractivity contribution is 0.140. The molecule has 0 saturated carbocycles. The zero-order chi connectivity index (χ0) is 11.1. The van der Waals surface area contributed by atoms with Crippen LogP contribution in [0.2, 0.25) is 0 Å². The van der Waals surface area contributed by atoms with Crippen molar-refractivity contribution in [2.45, 2.75) is 51.6 Å². The van der Waals surface area contributed by atoms with Crippen LogP contribution in [0.5, 0.6) is 0 Å². The van der Waals surface area contributed by atoms with Crippen molar-refractivity contribution in [2.24, 2.45) is 5.92 Å². The maximum atomic E-state index is 9.28. The van der Waals surface area contributed by atoms with E-state index in [1.54, 1.807) is 0 Å². The predicted octanol–water partition coefficient (Wildman–Crippen LogP) is 1.55. The first-order valence-corrected chi connectivity index (χ1v) is 6.17. The SMILES string of the molecule is CC(C)CC(CO)NC1CCCOCC1. The van der Waals surface area contributed by atoms with Gasteiger partial charge in [-0.25, -0.2) is 0 Å². The van der Waals surface area contributed by atoms with Gasteiger partial charge >= 0.3 is 0 Å². The second kappa shape index (κ2) is 7.20. The summed E-state index contributed by atoms with van der Waals surface area (Å²) in [6.07, 6.45) is 4.44. The van der Waals surface area contributed by atoms with Crippen LogP contribution >= 0.6 is 0 Å². The van der Waals surface area contributed by atoms with Gasteiger partial charge < -0.3 is 15.2 Å². The molecule has 15 heavy (non-hydrogen) atoms. The molecule has 1 aliphatic rings. The molecule has 1 heterocycles. The molecule has 0 aromatic rings. The molecule has 0 radical (unpaired) electrons. The molecule has 0 aromatic carbocycles. The van der Waals surface area contributed by atoms with E-state index in [0.717, 1.165) is 32.5 Å². The first-order chi connectivity index (χ1) is 7.22. The van der Waals surface area contributed by atoms with Crippen molar-refractivity contribution in [3.63, 3.8) is 0 Å². The van der Waals surface area contributed by atoms with Gasteiger partial charge in [0.2, 0.25) is 0 Å². The quantitative estimate of drug-likeness (QED) is 0.731. The van der Waals surface area contributed by atoms with E-state index in [9.17, 15) is 5.11 Å². The van der Waals surface area contributed by atoms with E-state index in [1.807, 2.05) is 0 Å². The van der Waals surface area contributed by atoms with Crippen LogP contribution in [0.4, 0.5) is 0 Å². The third kappa shape index (κ3) is 5.50. The van der Waals surface area contributed by atoms with E-state index in [4.69, 9.17) is 4.74 Å². The normalized spacial score (nSPS) is 25.2. The summed E-state index contributed by atoms with van der Waals surface area (Å²) in [6.45, 7) is 6.39. The predicted molar refractivity (Wildman–Crippen MR) is 61.9 cm³/mol. The lowest BCUT2D eigenvalue weighted by Crippen LogP contribution is -2.41. The molecule has 1 saturated heterocycles. The zero-order valence-electron chi connectivity index (χ0n) is 10.0. The lowest BCUT2D eigenvalue weighted by atomic mass is 10.0. The Labute approximate surface area is 93.2 Å². The van der Waals surface area contributed by atoms with Crippen LogP contribution in [0.3, 0.4) is 0 Å². The second-order valence-corrected chi connectivity index (χ2v) is 4.92. The minimum absolute atomic E-state index is 0.246. The van der Waals surface area contributed by atoms with Crippen LogP contribution in [-0.2, 0) is 4.74 Å². The van der Waals surface area contributed by atoms with Gasteiger partial charge in [-0.05, 0) is 31.6 Å². The van der Waals surface area contributed by atoms with E-state index in [1.165, 1.54) is 6.42 Å². The lowest BCUT2D eigenvalue weighted by Gasteiger charge is -2.24. The van der Waals surface area contributed by atoms with Crippen LogP contribution < -0.4 is 5.32 Å². The van der Waals surface area contributed by atoms with Crippen LogP contribution in [0.25, 0.3) is 0 Å². The molecule has 1 rings (SSSR count). The minimum atomic E-state index is 0.246. The largest absolute Gasteiger partial charge is 0.395 e. The number of aliphatic hydroxyl groups is 1. The molecule has 1 fully saturated rings. The molecule has 0 aliphatic carbocycles. The molecule has 0 bridgehead atoms. The fourth-order valence-electron chi connectivity index (χ4n) is 2.17. The van der Waals surface area contributed by atoms with Crippen LogP contribution in [0, 0.1) is 5.92 Å². The fraction of sp³-hybridized carbons (Fsp3) is 1.00. The van der Waals surface area contributed by atoms with Gasteiger partial charge in [0.05, 0.1) is 6.61 Å². The van der Waals surface area contributed by atoms with Gasteiger partial charge in [0.25, 0.3) is 0 Å². The Morgan fingerprint density at radius 1 is 1.33 bits per heavy atom. The third-order valence-corrected chi connectivity index (χ3v) is 2.90. The van der Waals surface area contributed by atoms with Crippen molar-refractivity contribution in [2.75, 3.05) is 19.8 Å². The molecule has 3 nitrogen and oxygen atoms in total. The van der Waals surface area contributed by atoms with Crippen molar-refractivity contribution in [3.8, 4) is 0 Å². The summed E-state index contributed by atoms with van der Waals surface area (Å²) in [5.41, 5.74) is 0. The van der Waals surface area contributed by atoms with Gasteiger partial charge in [-0.2, -0.15) is 0 Å². The second-order valence-electron chi connectivity index (χ2n) is 4.92. The number of nitrogens with one attached hydrogen (secondary N) is 1. The van der Waals surface area contributed by atoms with Gasteiger partial charge in [0.15, 0.2) is 0 Å². The van der Waals surface area contributed by atoms with Crippen LogP contribution in [0.1, 0.15) is 39.5 Å². The zero-order valence-corrected chi connectivity index (χ0v) is 10.0. The monoisotopic (exact) mass is 215 g/mol. The molecule has 90 valence electrons. The van der Waals surface area contributed by atoms with Crippen molar-refractivity contribution < 1.29 is 9.84 Å². The third-order valence-electron chi connectivity index (χ3n) is 2.90. The highest BCUT2D eigenvalue weighted by atomic mass is 16.5. The number of rotatable bonds is 5. The van der Waals surface area contributed by atoms with Crippen LogP contribution in [-0.4, -0.2) is 37.0 Å². The Balaban J connectivity index is 2.28. The molecule has 1 aliphatic heterocycles. The number of ether oxygens (including phenoxy) is 1. The number of hydrogen-bond acceptors (Lipinski definition) is 3. The highest BCUT2D eigenvalue weighted by molar-refractivity contribution is 4.76. The standard InChI is InChI=1S/C12H25NO2/c1-10(2)8-12(9-14)13-11-4-3-6-15-7-5-11/h10-14H,3-9H2,1-2H3. The Bertz CT molecular complexity index is 154. The molecule has 0 aromatic heterocycles. The van der Waals surface area contributed by atoms with Gasteiger partial charge in [-0.1, -0.05) is 13.8 Å². The van der Waals surface area contributed by atoms with Gasteiger partial charge in [0.1, 0.15) is 0 Å². The molecule has 0 spiro atoms. The highest BCUT2D eigenvalue weighted by Gasteiger charge is 2.17. The fourth-order valence-corrected chi connectivity index (χ4v) is 2.17. The summed E-state index contributed by atoms with van der Waals surface area (Å²) >= 11 is 0. The van der Waals surface area contributed by atoms with E-state index >= 15 is 0 Å². The average molecular weight is 215 g/mol. The smallest absolute Gasteiger partial charge is 0.0584 e. The molecular weight excluding hydrogens is 190 g/mol. The molecule has 2 N–H and O–H groups in total. The van der Waals surface area contributed by atoms with E-state index < -0.39 is 0 Å². The Morgan fingerprint density at radius 2 is 2.13 bits per heavy atom. The Kier molecular flexibility index (Phi) is 6.22. The average Bonchev–Trinajstić information content (AvgIpc) is 2.44. The summed E-state index contributed by atoms with van der Waals surface area (Å²) in [4.78, 5) is 0. The summed E-state index contributed by atoms with van der Waals surface area (Å²) in [5.74, 6) is 0.636. The molecule has 0 amide bonds. The molecule has 2 atom stereocenters. The van der Waals surface area contributed by atoms with Crippen LogP contribution in [0.15, 0.2) is 0 Å². The maximum absolute atomic E-state index is 9.28. The minimum Gasteiger partial charge on any atom is -0.395 e. The topological polar surface area (TPSA) is 41.5 Å². The number of aliphatic hydroxyl groups excluding tert-OH is 1. The van der Waals surface area contributed by atoms with Gasteiger partial charge in [0, 0.05) is 25.3 Å². The first-order valence-electron chi connectivity index (χ1n) is 6.17. The van der Waals surface area contributed by atoms with E-state index in [2.05, 4.69) is 19.2 Å².